The predicted molar refractivity (Wildman–Crippen MR) is 61.6 cm³/mol. The lowest BCUT2D eigenvalue weighted by Gasteiger charge is -2.02. The molecule has 90 valence electrons. The summed E-state index contributed by atoms with van der Waals surface area (Å²) >= 11 is 0. The van der Waals surface area contributed by atoms with Crippen molar-refractivity contribution in [2.24, 2.45) is 0 Å². The second-order valence-corrected chi connectivity index (χ2v) is 3.20. The average molecular weight is 235 g/mol. The molecule has 0 aromatic carbocycles. The van der Waals surface area contributed by atoms with Crippen molar-refractivity contribution < 1.29 is 14.6 Å². The van der Waals surface area contributed by atoms with E-state index >= 15 is 0 Å². The molecule has 0 atom stereocenters. The number of esters is 1. The van der Waals surface area contributed by atoms with E-state index < -0.39 is 5.97 Å². The molecule has 0 fully saturated rings. The van der Waals surface area contributed by atoms with Gasteiger partial charge < -0.3 is 14.8 Å². The summed E-state index contributed by atoms with van der Waals surface area (Å²) in [5.41, 5.74) is 0.542. The van der Waals surface area contributed by atoms with Crippen molar-refractivity contribution in [3.05, 3.63) is 33.7 Å². The number of hydrogen-bond acceptors (Lipinski definition) is 4. The molecule has 1 rings (SSSR count). The molecule has 5 nitrogen and oxygen atoms in total. The Morgan fingerprint density at radius 1 is 1.47 bits per heavy atom. The maximum absolute atomic E-state index is 11.5. The standard InChI is InChI=1S/C12H13NO4/c1-2-10-7-9(8-11(15)13-10)12(16)17-6-4-3-5-14/h7-8,14H,2,5-6H2,1H3,(H,13,15). The first-order valence-electron chi connectivity index (χ1n) is 5.14. The van der Waals surface area contributed by atoms with Gasteiger partial charge in [-0.2, -0.15) is 0 Å². The summed E-state index contributed by atoms with van der Waals surface area (Å²) in [5, 5.41) is 8.39. The van der Waals surface area contributed by atoms with Crippen LogP contribution in [0.5, 0.6) is 0 Å². The third-order valence-electron chi connectivity index (χ3n) is 2.00. The van der Waals surface area contributed by atoms with Crippen molar-refractivity contribution in [1.29, 1.82) is 0 Å². The molecule has 1 heterocycles. The normalized spacial score (nSPS) is 9.29. The Morgan fingerprint density at radius 3 is 2.88 bits per heavy atom. The number of rotatable bonds is 3. The van der Waals surface area contributed by atoms with Crippen LogP contribution in [0, 0.1) is 11.8 Å². The van der Waals surface area contributed by atoms with E-state index in [-0.39, 0.29) is 24.3 Å². The number of aryl methyl sites for hydroxylation is 1. The topological polar surface area (TPSA) is 79.4 Å². The molecule has 0 radical (unpaired) electrons. The van der Waals surface area contributed by atoms with Gasteiger partial charge in [0.15, 0.2) is 6.61 Å². The van der Waals surface area contributed by atoms with Crippen molar-refractivity contribution in [1.82, 2.24) is 4.98 Å². The number of aromatic amines is 1. The van der Waals surface area contributed by atoms with Crippen LogP contribution < -0.4 is 5.56 Å². The van der Waals surface area contributed by atoms with Gasteiger partial charge in [-0.1, -0.05) is 18.8 Å². The number of hydrogen-bond donors (Lipinski definition) is 2. The van der Waals surface area contributed by atoms with Crippen LogP contribution in [-0.2, 0) is 11.2 Å². The first-order chi connectivity index (χ1) is 8.17. The second-order valence-electron chi connectivity index (χ2n) is 3.20. The molecule has 0 unspecified atom stereocenters. The highest BCUT2D eigenvalue weighted by atomic mass is 16.5. The van der Waals surface area contributed by atoms with Crippen LogP contribution in [0.4, 0.5) is 0 Å². The van der Waals surface area contributed by atoms with Gasteiger partial charge in [-0.15, -0.1) is 0 Å². The van der Waals surface area contributed by atoms with Crippen molar-refractivity contribution in [2.45, 2.75) is 13.3 Å². The molecule has 0 aliphatic heterocycles. The number of pyridine rings is 1. The Kier molecular flexibility index (Phi) is 4.98. The van der Waals surface area contributed by atoms with Crippen LogP contribution in [0.2, 0.25) is 0 Å². The Bertz CT molecular complexity index is 507. The van der Waals surface area contributed by atoms with Crippen LogP contribution in [0.3, 0.4) is 0 Å². The maximum atomic E-state index is 11.5. The minimum absolute atomic E-state index is 0.104. The minimum atomic E-state index is -0.599. The number of carbonyl (C=O) groups is 1. The summed E-state index contributed by atoms with van der Waals surface area (Å²) in [4.78, 5) is 25.4. The van der Waals surface area contributed by atoms with Gasteiger partial charge in [0, 0.05) is 11.8 Å². The van der Waals surface area contributed by atoms with Gasteiger partial charge in [0.1, 0.15) is 6.61 Å². The second kappa shape index (κ2) is 6.51. The van der Waals surface area contributed by atoms with Crippen LogP contribution in [0.1, 0.15) is 23.0 Å². The molecule has 0 saturated carbocycles. The van der Waals surface area contributed by atoms with Crippen molar-refractivity contribution in [2.75, 3.05) is 13.2 Å². The molecule has 5 heteroatoms. The summed E-state index contributed by atoms with van der Waals surface area (Å²) in [5.74, 6) is 4.20. The van der Waals surface area contributed by atoms with Crippen molar-refractivity contribution >= 4 is 5.97 Å². The Hall–Kier alpha value is -2.06. The Balaban J connectivity index is 2.75. The SMILES string of the molecule is CCc1cc(C(=O)OCC#CCO)cc(=O)[nH]1. The molecule has 17 heavy (non-hydrogen) atoms. The number of carbonyl (C=O) groups excluding carboxylic acids is 1. The lowest BCUT2D eigenvalue weighted by molar-refractivity contribution is 0.0556. The summed E-state index contributed by atoms with van der Waals surface area (Å²) in [6.45, 7) is 1.49. The lowest BCUT2D eigenvalue weighted by Crippen LogP contribution is -2.14. The van der Waals surface area contributed by atoms with E-state index in [2.05, 4.69) is 16.8 Å². The lowest BCUT2D eigenvalue weighted by atomic mass is 10.2. The van der Waals surface area contributed by atoms with Gasteiger partial charge in [-0.05, 0) is 12.5 Å². The minimum Gasteiger partial charge on any atom is -0.449 e. The van der Waals surface area contributed by atoms with E-state index in [9.17, 15) is 9.59 Å². The van der Waals surface area contributed by atoms with Crippen molar-refractivity contribution in [3.8, 4) is 11.8 Å². The molecule has 0 spiro atoms. The van der Waals surface area contributed by atoms with E-state index in [0.29, 0.717) is 12.1 Å². The summed E-state index contributed by atoms with van der Waals surface area (Å²) < 4.78 is 4.81. The molecule has 0 aliphatic carbocycles. The van der Waals surface area contributed by atoms with E-state index in [1.807, 2.05) is 6.92 Å². The quantitative estimate of drug-likeness (QED) is 0.575. The van der Waals surface area contributed by atoms with Gasteiger partial charge in [0.25, 0.3) is 0 Å². The molecule has 0 saturated heterocycles. The van der Waals surface area contributed by atoms with Gasteiger partial charge in [0.2, 0.25) is 5.56 Å². The van der Waals surface area contributed by atoms with Crippen LogP contribution >= 0.6 is 0 Å². The third-order valence-corrected chi connectivity index (χ3v) is 2.00. The molecule has 2 N–H and O–H groups in total. The molecule has 1 aromatic heterocycles. The van der Waals surface area contributed by atoms with E-state index in [1.54, 1.807) is 6.07 Å². The Morgan fingerprint density at radius 2 is 2.24 bits per heavy atom. The van der Waals surface area contributed by atoms with Gasteiger partial charge in [-0.25, -0.2) is 4.79 Å². The first-order valence-corrected chi connectivity index (χ1v) is 5.14. The number of ether oxygens (including phenoxy) is 1. The molecular formula is C12H13NO4. The van der Waals surface area contributed by atoms with E-state index in [1.165, 1.54) is 6.07 Å². The van der Waals surface area contributed by atoms with Crippen LogP contribution in [0.25, 0.3) is 0 Å². The zero-order valence-electron chi connectivity index (χ0n) is 9.45. The largest absolute Gasteiger partial charge is 0.449 e. The highest BCUT2D eigenvalue weighted by Gasteiger charge is 2.08. The van der Waals surface area contributed by atoms with Gasteiger partial charge in [-0.3, -0.25) is 4.79 Å². The zero-order chi connectivity index (χ0) is 12.7. The van der Waals surface area contributed by atoms with Gasteiger partial charge in [0.05, 0.1) is 5.56 Å². The number of H-pyrrole nitrogens is 1. The molecule has 0 bridgehead atoms. The fourth-order valence-corrected chi connectivity index (χ4v) is 1.20. The van der Waals surface area contributed by atoms with E-state index in [4.69, 9.17) is 9.84 Å². The highest BCUT2D eigenvalue weighted by molar-refractivity contribution is 5.89. The number of nitrogens with one attached hydrogen (secondary N) is 1. The zero-order valence-corrected chi connectivity index (χ0v) is 9.45. The first kappa shape index (κ1) is 13.0. The Labute approximate surface area is 98.4 Å². The summed E-state index contributed by atoms with van der Waals surface area (Å²) in [7, 11) is 0. The number of aliphatic hydroxyl groups excluding tert-OH is 1. The number of aromatic nitrogens is 1. The number of aliphatic hydroxyl groups is 1. The summed E-state index contributed by atoms with van der Waals surface area (Å²) in [6.07, 6.45) is 0.626. The molecular weight excluding hydrogens is 222 g/mol. The predicted octanol–water partition coefficient (Wildman–Crippen LogP) is 0.0898. The maximum Gasteiger partial charge on any atom is 0.339 e. The average Bonchev–Trinajstić information content (AvgIpc) is 2.33. The third kappa shape index (κ3) is 4.13. The van der Waals surface area contributed by atoms with E-state index in [0.717, 1.165) is 0 Å². The van der Waals surface area contributed by atoms with Gasteiger partial charge >= 0.3 is 5.97 Å². The highest BCUT2D eigenvalue weighted by Crippen LogP contribution is 2.01. The van der Waals surface area contributed by atoms with Crippen molar-refractivity contribution in [3.63, 3.8) is 0 Å². The smallest absolute Gasteiger partial charge is 0.339 e. The van der Waals surface area contributed by atoms with Crippen LogP contribution in [-0.4, -0.2) is 29.3 Å². The molecule has 0 amide bonds. The monoisotopic (exact) mass is 235 g/mol. The molecule has 0 aliphatic rings. The van der Waals surface area contributed by atoms with Crippen LogP contribution in [0.15, 0.2) is 16.9 Å². The fourth-order valence-electron chi connectivity index (χ4n) is 1.20. The molecule has 1 aromatic rings. The fraction of sp³-hybridized carbons (Fsp3) is 0.333. The summed E-state index contributed by atoms with van der Waals surface area (Å²) in [6, 6.07) is 2.75.